The van der Waals surface area contributed by atoms with Gasteiger partial charge in [0.05, 0.1) is 34.8 Å². The van der Waals surface area contributed by atoms with E-state index in [1.165, 1.54) is 18.2 Å². The molecular weight excluding hydrogens is 532 g/mol. The second kappa shape index (κ2) is 9.13. The van der Waals surface area contributed by atoms with Gasteiger partial charge in [-0.2, -0.15) is 0 Å². The van der Waals surface area contributed by atoms with Crippen molar-refractivity contribution < 1.29 is 22.7 Å². The molecule has 0 spiro atoms. The number of ether oxygens (including phenoxy) is 1. The molecule has 3 aromatic rings. The second-order valence-corrected chi connectivity index (χ2v) is 7.98. The molecule has 3 N–H and O–H groups in total. The molecule has 0 bridgehead atoms. The van der Waals surface area contributed by atoms with Crippen LogP contribution in [0.1, 0.15) is 21.5 Å². The minimum Gasteiger partial charge on any atom is -0.465 e. The summed E-state index contributed by atoms with van der Waals surface area (Å²) < 4.78 is 49.6. The number of hydrogen-bond donors (Lipinski definition) is 2. The minimum atomic E-state index is -1.31. The lowest BCUT2D eigenvalue weighted by molar-refractivity contribution is 0.0601. The third kappa shape index (κ3) is 4.49. The number of rotatable bonds is 5. The molecular formula is C21H15ClF3IN2O2. The number of anilines is 3. The summed E-state index contributed by atoms with van der Waals surface area (Å²) in [6.07, 6.45) is -0.311. The second-order valence-electron chi connectivity index (χ2n) is 6.32. The van der Waals surface area contributed by atoms with E-state index < -0.39 is 29.1 Å². The Morgan fingerprint density at radius 3 is 2.50 bits per heavy atom. The van der Waals surface area contributed by atoms with E-state index >= 15 is 0 Å². The Kier molecular flexibility index (Phi) is 6.77. The van der Waals surface area contributed by atoms with Gasteiger partial charge in [0.2, 0.25) is 0 Å². The largest absolute Gasteiger partial charge is 0.465 e. The van der Waals surface area contributed by atoms with Crippen molar-refractivity contribution in [3.8, 4) is 0 Å². The van der Waals surface area contributed by atoms with Gasteiger partial charge in [-0.25, -0.2) is 18.0 Å². The molecule has 0 unspecified atom stereocenters. The summed E-state index contributed by atoms with van der Waals surface area (Å²) in [7, 11) is 1.11. The third-order valence-corrected chi connectivity index (χ3v) is 5.35. The molecule has 4 nitrogen and oxygen atoms in total. The highest BCUT2D eigenvalue weighted by Crippen LogP contribution is 2.34. The fourth-order valence-corrected chi connectivity index (χ4v) is 3.77. The van der Waals surface area contributed by atoms with E-state index in [9.17, 15) is 18.0 Å². The van der Waals surface area contributed by atoms with Gasteiger partial charge in [0.25, 0.3) is 0 Å². The van der Waals surface area contributed by atoms with Crippen LogP contribution in [0.4, 0.5) is 30.2 Å². The summed E-state index contributed by atoms with van der Waals surface area (Å²) in [5.41, 5.74) is 4.84. The number of halogens is 5. The van der Waals surface area contributed by atoms with Crippen molar-refractivity contribution in [3.05, 3.63) is 85.2 Å². The monoisotopic (exact) mass is 546 g/mol. The Morgan fingerprint density at radius 1 is 1.10 bits per heavy atom. The van der Waals surface area contributed by atoms with Crippen molar-refractivity contribution in [2.45, 2.75) is 6.42 Å². The van der Waals surface area contributed by atoms with Crippen LogP contribution >= 0.6 is 34.2 Å². The average Bonchev–Trinajstić information content (AvgIpc) is 2.71. The molecule has 3 rings (SSSR count). The Balaban J connectivity index is 2.11. The maximum Gasteiger partial charge on any atom is 0.340 e. The zero-order valence-electron chi connectivity index (χ0n) is 15.5. The standard InChI is InChI=1S/C21H15ClF3IN2O2/c1-30-21(29)13-8-11(7-10-3-2-4-15(27)17(10)23)18(24)19(25)20(13)28-16-6-5-12(26)9-14(16)22/h2-6,8-9,28H,7,27H2,1H3. The number of esters is 1. The topological polar surface area (TPSA) is 64.3 Å². The van der Waals surface area contributed by atoms with Gasteiger partial charge in [0, 0.05) is 9.99 Å². The Hall–Kier alpha value is -2.46. The van der Waals surface area contributed by atoms with Crippen molar-refractivity contribution in [2.24, 2.45) is 0 Å². The normalized spacial score (nSPS) is 10.7. The van der Waals surface area contributed by atoms with Gasteiger partial charge >= 0.3 is 5.97 Å². The maximum atomic E-state index is 15.0. The molecule has 0 aliphatic heterocycles. The maximum absolute atomic E-state index is 15.0. The predicted octanol–water partition coefficient (Wildman–Crippen LogP) is 6.07. The summed E-state index contributed by atoms with van der Waals surface area (Å²) in [6, 6.07) is 10.3. The number of methoxy groups -OCH3 is 1. The summed E-state index contributed by atoms with van der Waals surface area (Å²) in [5, 5.41) is 2.91. The van der Waals surface area contributed by atoms with E-state index in [0.29, 0.717) is 0 Å². The van der Waals surface area contributed by atoms with Crippen LogP contribution in [0.25, 0.3) is 0 Å². The minimum absolute atomic E-state index is 0.0607. The van der Waals surface area contributed by atoms with Gasteiger partial charge in [-0.1, -0.05) is 23.7 Å². The fraction of sp³-hybridized carbons (Fsp3) is 0.0952. The number of carbonyl (C=O) groups excluding carboxylic acids is 1. The summed E-state index contributed by atoms with van der Waals surface area (Å²) in [6.45, 7) is 0. The Labute approximate surface area is 189 Å². The first-order valence-corrected chi connectivity index (χ1v) is 10.0. The van der Waals surface area contributed by atoms with Crippen LogP contribution in [0.3, 0.4) is 0 Å². The number of nitrogen functional groups attached to an aromatic ring is 1. The van der Waals surface area contributed by atoms with Crippen LogP contribution in [-0.4, -0.2) is 13.1 Å². The first kappa shape index (κ1) is 22.2. The molecule has 0 fully saturated rings. The smallest absolute Gasteiger partial charge is 0.340 e. The van der Waals surface area contributed by atoms with E-state index in [-0.39, 0.29) is 39.5 Å². The average molecular weight is 547 g/mol. The van der Waals surface area contributed by atoms with Gasteiger partial charge in [-0.05, 0) is 64.0 Å². The van der Waals surface area contributed by atoms with E-state index in [0.717, 1.165) is 16.7 Å². The van der Waals surface area contributed by atoms with Gasteiger partial charge in [-0.3, -0.25) is 0 Å². The zero-order valence-corrected chi connectivity index (χ0v) is 18.4. The summed E-state index contributed by atoms with van der Waals surface area (Å²) in [5.74, 6) is -4.17. The first-order chi connectivity index (χ1) is 14.2. The van der Waals surface area contributed by atoms with Gasteiger partial charge < -0.3 is 15.8 Å². The highest BCUT2D eigenvalue weighted by molar-refractivity contribution is 14.1. The van der Waals surface area contributed by atoms with Crippen LogP contribution in [0, 0.1) is 21.0 Å². The summed E-state index contributed by atoms with van der Waals surface area (Å²) in [4.78, 5) is 12.3. The molecule has 0 aliphatic rings. The number of carbonyl (C=O) groups is 1. The SMILES string of the molecule is COC(=O)c1cc(Cc2cccc(N)c2F)c(F)c(F)c1Nc1ccc(I)cc1Cl. The van der Waals surface area contributed by atoms with Crippen LogP contribution < -0.4 is 11.1 Å². The molecule has 0 aliphatic carbocycles. The van der Waals surface area contributed by atoms with Gasteiger partial charge in [0.15, 0.2) is 11.6 Å². The highest BCUT2D eigenvalue weighted by atomic mass is 127. The lowest BCUT2D eigenvalue weighted by Gasteiger charge is -2.16. The molecule has 0 radical (unpaired) electrons. The highest BCUT2D eigenvalue weighted by Gasteiger charge is 2.24. The molecule has 3 aromatic carbocycles. The number of nitrogens with one attached hydrogen (secondary N) is 1. The van der Waals surface area contributed by atoms with Crippen LogP contribution in [0.15, 0.2) is 42.5 Å². The van der Waals surface area contributed by atoms with Crippen LogP contribution in [0.5, 0.6) is 0 Å². The van der Waals surface area contributed by atoms with Gasteiger partial charge in [-0.15, -0.1) is 0 Å². The Morgan fingerprint density at radius 2 is 1.83 bits per heavy atom. The van der Waals surface area contributed by atoms with Gasteiger partial charge in [0.1, 0.15) is 5.82 Å². The lowest BCUT2D eigenvalue weighted by atomic mass is 9.99. The molecule has 0 atom stereocenters. The third-order valence-electron chi connectivity index (χ3n) is 4.37. The van der Waals surface area contributed by atoms with Crippen LogP contribution in [0.2, 0.25) is 5.02 Å². The number of nitrogens with two attached hydrogens (primary N) is 1. The zero-order chi connectivity index (χ0) is 22.0. The van der Waals surface area contributed by atoms with Crippen molar-refractivity contribution >= 4 is 57.2 Å². The summed E-state index contributed by atoms with van der Waals surface area (Å²) >= 11 is 8.20. The van der Waals surface area contributed by atoms with E-state index in [2.05, 4.69) is 5.32 Å². The molecule has 0 saturated carbocycles. The molecule has 0 heterocycles. The predicted molar refractivity (Wildman–Crippen MR) is 119 cm³/mol. The number of benzene rings is 3. The Bertz CT molecular complexity index is 1140. The van der Waals surface area contributed by atoms with Crippen LogP contribution in [-0.2, 0) is 11.2 Å². The van der Waals surface area contributed by atoms with E-state index in [1.54, 1.807) is 18.2 Å². The van der Waals surface area contributed by atoms with E-state index in [1.807, 2.05) is 22.6 Å². The van der Waals surface area contributed by atoms with Crippen molar-refractivity contribution in [3.63, 3.8) is 0 Å². The van der Waals surface area contributed by atoms with E-state index in [4.69, 9.17) is 22.1 Å². The van der Waals surface area contributed by atoms with Crippen molar-refractivity contribution in [1.29, 1.82) is 0 Å². The first-order valence-electron chi connectivity index (χ1n) is 8.57. The van der Waals surface area contributed by atoms with Crippen molar-refractivity contribution in [2.75, 3.05) is 18.2 Å². The molecule has 156 valence electrons. The molecule has 0 saturated heterocycles. The molecule has 9 heteroatoms. The molecule has 30 heavy (non-hydrogen) atoms. The molecule has 0 aromatic heterocycles. The fourth-order valence-electron chi connectivity index (χ4n) is 2.87. The quantitative estimate of drug-likeness (QED) is 0.232. The van der Waals surface area contributed by atoms with Crippen molar-refractivity contribution in [1.82, 2.24) is 0 Å². The number of hydrogen-bond acceptors (Lipinski definition) is 4. The lowest BCUT2D eigenvalue weighted by Crippen LogP contribution is -2.12. The molecule has 0 amide bonds.